The van der Waals surface area contributed by atoms with E-state index in [4.69, 9.17) is 9.32 Å². The summed E-state index contributed by atoms with van der Waals surface area (Å²) in [6, 6.07) is 9.98. The molecule has 2 aromatic rings. The third-order valence-corrected chi connectivity index (χ3v) is 6.75. The average molecular weight is 372 g/mol. The maximum absolute atomic E-state index is 12.9. The van der Waals surface area contributed by atoms with Gasteiger partial charge in [-0.15, -0.1) is 0 Å². The maximum Gasteiger partial charge on any atom is 0.285 e. The van der Waals surface area contributed by atoms with E-state index in [-0.39, 0.29) is 16.7 Å². The van der Waals surface area contributed by atoms with Crippen LogP contribution in [0.1, 0.15) is 57.1 Å². The van der Waals surface area contributed by atoms with Crippen LogP contribution in [0.2, 0.25) is 0 Å². The van der Waals surface area contributed by atoms with Crippen LogP contribution in [0.3, 0.4) is 0 Å². The highest BCUT2D eigenvalue weighted by molar-refractivity contribution is 7.78. The van der Waals surface area contributed by atoms with Gasteiger partial charge in [0.05, 0.1) is 0 Å². The average Bonchev–Trinajstić information content (AvgIpc) is 2.54. The third-order valence-electron chi connectivity index (χ3n) is 6.39. The lowest BCUT2D eigenvalue weighted by atomic mass is 9.53. The normalized spacial score (nSPS) is 28.3. The molecule has 2 N–H and O–H groups in total. The monoisotopic (exact) mass is 371 g/mol. The minimum Gasteiger partial charge on any atom is -0.389 e. The molecule has 0 amide bonds. The summed E-state index contributed by atoms with van der Waals surface area (Å²) in [6.07, 6.45) is 3.54. The van der Waals surface area contributed by atoms with E-state index in [1.54, 1.807) is 0 Å². The first-order valence-electron chi connectivity index (χ1n) is 9.13. The number of hydrogen-bond donors (Lipinski definition) is 1. The summed E-state index contributed by atoms with van der Waals surface area (Å²) in [5, 5.41) is 7.47. The zero-order valence-corrected chi connectivity index (χ0v) is 16.3. The standard InChI is InChI=1S/C21H25NO3S/c1-20(2)11-18-17-6-4-13-10-14(25-26(22)24)5-7-15(13)16(17)8-9-21(18,3)19(23)12-20/h4-7,10,18H,8-9,11-12,22H2,1-3H3/t18?,21-,26?/m0/s1. The van der Waals surface area contributed by atoms with E-state index < -0.39 is 11.3 Å². The molecule has 3 atom stereocenters. The fraction of sp³-hybridized carbons (Fsp3) is 0.476. The first kappa shape index (κ1) is 17.7. The minimum atomic E-state index is -1.82. The molecule has 2 aliphatic rings. The Bertz CT molecular complexity index is 936. The maximum atomic E-state index is 12.9. The second-order valence-electron chi connectivity index (χ2n) is 8.80. The van der Waals surface area contributed by atoms with Gasteiger partial charge in [-0.1, -0.05) is 39.0 Å². The van der Waals surface area contributed by atoms with Crippen molar-refractivity contribution >= 4 is 27.8 Å². The number of carbonyl (C=O) groups is 1. The molecule has 26 heavy (non-hydrogen) atoms. The molecular weight excluding hydrogens is 346 g/mol. The first-order valence-corrected chi connectivity index (χ1v) is 10.3. The van der Waals surface area contributed by atoms with Crippen molar-refractivity contribution < 1.29 is 13.2 Å². The lowest BCUT2D eigenvalue weighted by Gasteiger charge is -2.50. The van der Waals surface area contributed by atoms with Gasteiger partial charge in [0.25, 0.3) is 11.3 Å². The van der Waals surface area contributed by atoms with Crippen LogP contribution in [0.4, 0.5) is 0 Å². The topological polar surface area (TPSA) is 69.4 Å². The van der Waals surface area contributed by atoms with Gasteiger partial charge in [-0.3, -0.25) is 4.79 Å². The Morgan fingerprint density at radius 2 is 1.96 bits per heavy atom. The lowest BCUT2D eigenvalue weighted by molar-refractivity contribution is -0.136. The molecule has 2 aromatic carbocycles. The summed E-state index contributed by atoms with van der Waals surface area (Å²) < 4.78 is 16.2. The van der Waals surface area contributed by atoms with Gasteiger partial charge in [-0.25, -0.2) is 5.14 Å². The van der Waals surface area contributed by atoms with Crippen molar-refractivity contribution in [2.45, 2.75) is 52.4 Å². The van der Waals surface area contributed by atoms with Crippen molar-refractivity contribution in [3.05, 3.63) is 41.5 Å². The molecule has 0 radical (unpaired) electrons. The van der Waals surface area contributed by atoms with Gasteiger partial charge < -0.3 is 4.18 Å². The highest BCUT2D eigenvalue weighted by Gasteiger charge is 2.51. The number of Topliss-reactive ketones (excluding diaryl/α,β-unsaturated/α-hetero) is 1. The molecule has 0 heterocycles. The molecule has 1 saturated carbocycles. The highest BCUT2D eigenvalue weighted by atomic mass is 32.2. The molecule has 4 rings (SSSR count). The molecular formula is C21H25NO3S. The Hall–Kier alpha value is -1.72. The van der Waals surface area contributed by atoms with Crippen LogP contribution in [0, 0.1) is 10.8 Å². The zero-order valence-electron chi connectivity index (χ0n) is 15.5. The number of hydrogen-bond acceptors (Lipinski definition) is 3. The molecule has 0 spiro atoms. The number of nitrogens with two attached hydrogens (primary N) is 1. The molecule has 2 aliphatic carbocycles. The Kier molecular flexibility index (Phi) is 4.01. The van der Waals surface area contributed by atoms with Crippen molar-refractivity contribution in [3.63, 3.8) is 0 Å². The zero-order chi connectivity index (χ0) is 18.7. The SMILES string of the molecule is CC1(C)CC(=O)[C@@]2(C)CCc3c(ccc4cc(OS(N)=O)ccc34)C2C1. The highest BCUT2D eigenvalue weighted by Crippen LogP contribution is 2.57. The Morgan fingerprint density at radius 3 is 2.69 bits per heavy atom. The number of carbonyl (C=O) groups excluding carboxylic acids is 1. The van der Waals surface area contributed by atoms with Gasteiger partial charge in [0.1, 0.15) is 11.5 Å². The van der Waals surface area contributed by atoms with Crippen LogP contribution < -0.4 is 9.32 Å². The predicted molar refractivity (Wildman–Crippen MR) is 104 cm³/mol. The summed E-state index contributed by atoms with van der Waals surface area (Å²) in [5.74, 6) is 1.20. The summed E-state index contributed by atoms with van der Waals surface area (Å²) in [6.45, 7) is 6.57. The number of rotatable bonds is 2. The second kappa shape index (κ2) is 5.89. The molecule has 0 aromatic heterocycles. The molecule has 0 aliphatic heterocycles. The van der Waals surface area contributed by atoms with Crippen molar-refractivity contribution in [1.29, 1.82) is 0 Å². The van der Waals surface area contributed by atoms with E-state index >= 15 is 0 Å². The van der Waals surface area contributed by atoms with Crippen LogP contribution in [-0.4, -0.2) is 9.99 Å². The summed E-state index contributed by atoms with van der Waals surface area (Å²) in [4.78, 5) is 12.9. The van der Waals surface area contributed by atoms with Crippen LogP contribution >= 0.6 is 0 Å². The summed E-state index contributed by atoms with van der Waals surface area (Å²) in [5.41, 5.74) is 2.47. The Balaban J connectivity index is 1.83. The Morgan fingerprint density at radius 1 is 1.19 bits per heavy atom. The molecule has 138 valence electrons. The van der Waals surface area contributed by atoms with Crippen molar-refractivity contribution in [2.75, 3.05) is 0 Å². The minimum absolute atomic E-state index is 0.0493. The molecule has 0 bridgehead atoms. The molecule has 4 nitrogen and oxygen atoms in total. The van der Waals surface area contributed by atoms with Gasteiger partial charge in [-0.05, 0) is 64.6 Å². The van der Waals surface area contributed by atoms with Crippen LogP contribution in [-0.2, 0) is 22.5 Å². The van der Waals surface area contributed by atoms with Gasteiger partial charge in [0.15, 0.2) is 0 Å². The smallest absolute Gasteiger partial charge is 0.285 e. The van der Waals surface area contributed by atoms with E-state index in [0.29, 0.717) is 18.0 Å². The molecule has 5 heteroatoms. The molecule has 1 fully saturated rings. The van der Waals surface area contributed by atoms with Crippen molar-refractivity contribution in [1.82, 2.24) is 0 Å². The molecule has 0 saturated heterocycles. The lowest BCUT2D eigenvalue weighted by Crippen LogP contribution is -2.46. The van der Waals surface area contributed by atoms with Gasteiger partial charge >= 0.3 is 0 Å². The van der Waals surface area contributed by atoms with E-state index in [9.17, 15) is 9.00 Å². The number of fused-ring (bicyclic) bond motifs is 5. The van der Waals surface area contributed by atoms with Crippen molar-refractivity contribution in [2.24, 2.45) is 16.0 Å². The second-order valence-corrected chi connectivity index (χ2v) is 9.49. The first-order chi connectivity index (χ1) is 12.2. The predicted octanol–water partition coefficient (Wildman–Crippen LogP) is 4.18. The number of aryl methyl sites for hydroxylation is 1. The quantitative estimate of drug-likeness (QED) is 0.861. The third kappa shape index (κ3) is 2.78. The Labute approximate surface area is 156 Å². The largest absolute Gasteiger partial charge is 0.389 e. The van der Waals surface area contributed by atoms with E-state index in [0.717, 1.165) is 24.6 Å². The van der Waals surface area contributed by atoms with Crippen molar-refractivity contribution in [3.8, 4) is 5.75 Å². The fourth-order valence-electron chi connectivity index (χ4n) is 4.97. The van der Waals surface area contributed by atoms with E-state index in [2.05, 4.69) is 32.9 Å². The summed E-state index contributed by atoms with van der Waals surface area (Å²) >= 11 is -1.82. The number of benzene rings is 2. The van der Waals surface area contributed by atoms with Crippen LogP contribution in [0.5, 0.6) is 5.75 Å². The van der Waals surface area contributed by atoms with Gasteiger partial charge in [-0.2, -0.15) is 4.21 Å². The van der Waals surface area contributed by atoms with E-state index in [1.165, 1.54) is 16.5 Å². The van der Waals surface area contributed by atoms with Crippen LogP contribution in [0.15, 0.2) is 30.3 Å². The number of ketones is 1. The fourth-order valence-corrected chi connectivity index (χ4v) is 5.27. The van der Waals surface area contributed by atoms with Gasteiger partial charge in [0, 0.05) is 11.8 Å². The molecule has 2 unspecified atom stereocenters. The van der Waals surface area contributed by atoms with Crippen LogP contribution in [0.25, 0.3) is 10.8 Å². The van der Waals surface area contributed by atoms with Gasteiger partial charge in [0.2, 0.25) is 0 Å². The van der Waals surface area contributed by atoms with E-state index in [1.807, 2.05) is 18.2 Å². The summed E-state index contributed by atoms with van der Waals surface area (Å²) in [7, 11) is 0.